The standard InChI is InChI=1S/C14H13F2NO3S/c1-9(18)10-2-5-12(6-3-10)21(19,20)17-14-8-11(15)4-7-13(14)16/h2-9,17-18H,1H3. The molecule has 0 saturated carbocycles. The molecule has 2 aromatic carbocycles. The van der Waals surface area contributed by atoms with Crippen molar-refractivity contribution in [1.82, 2.24) is 0 Å². The second-order valence-corrected chi connectivity index (χ2v) is 6.16. The van der Waals surface area contributed by atoms with Gasteiger partial charge < -0.3 is 5.11 Å². The fourth-order valence-corrected chi connectivity index (χ4v) is 2.76. The van der Waals surface area contributed by atoms with E-state index in [2.05, 4.69) is 0 Å². The number of anilines is 1. The number of halogens is 2. The lowest BCUT2D eigenvalue weighted by molar-refractivity contribution is 0.199. The minimum atomic E-state index is -4.03. The van der Waals surface area contributed by atoms with Crippen LogP contribution in [0.25, 0.3) is 0 Å². The van der Waals surface area contributed by atoms with Gasteiger partial charge in [0.2, 0.25) is 0 Å². The zero-order valence-electron chi connectivity index (χ0n) is 11.0. The highest BCUT2D eigenvalue weighted by Gasteiger charge is 2.17. The van der Waals surface area contributed by atoms with Crippen LogP contribution in [0, 0.1) is 11.6 Å². The van der Waals surface area contributed by atoms with E-state index in [0.717, 1.165) is 18.2 Å². The van der Waals surface area contributed by atoms with E-state index in [1.165, 1.54) is 24.3 Å². The number of hydrogen-bond acceptors (Lipinski definition) is 3. The molecule has 21 heavy (non-hydrogen) atoms. The molecule has 0 aliphatic carbocycles. The number of hydrogen-bond donors (Lipinski definition) is 2. The summed E-state index contributed by atoms with van der Waals surface area (Å²) in [5.41, 5.74) is 0.0838. The Bertz CT molecular complexity index is 743. The van der Waals surface area contributed by atoms with E-state index in [0.29, 0.717) is 5.56 Å². The summed E-state index contributed by atoms with van der Waals surface area (Å²) >= 11 is 0. The van der Waals surface area contributed by atoms with Gasteiger partial charge >= 0.3 is 0 Å². The van der Waals surface area contributed by atoms with Crippen molar-refractivity contribution in [2.45, 2.75) is 17.9 Å². The van der Waals surface area contributed by atoms with Crippen LogP contribution >= 0.6 is 0 Å². The van der Waals surface area contributed by atoms with Crippen molar-refractivity contribution in [2.75, 3.05) is 4.72 Å². The summed E-state index contributed by atoms with van der Waals surface area (Å²) < 4.78 is 52.7. The summed E-state index contributed by atoms with van der Waals surface area (Å²) in [7, 11) is -4.03. The van der Waals surface area contributed by atoms with Crippen molar-refractivity contribution in [1.29, 1.82) is 0 Å². The predicted molar refractivity (Wildman–Crippen MR) is 74.2 cm³/mol. The van der Waals surface area contributed by atoms with Crippen LogP contribution in [0.2, 0.25) is 0 Å². The lowest BCUT2D eigenvalue weighted by Crippen LogP contribution is -2.14. The largest absolute Gasteiger partial charge is 0.389 e. The number of benzene rings is 2. The van der Waals surface area contributed by atoms with E-state index in [1.54, 1.807) is 6.92 Å². The smallest absolute Gasteiger partial charge is 0.261 e. The lowest BCUT2D eigenvalue weighted by atomic mass is 10.1. The molecule has 0 aromatic heterocycles. The number of aliphatic hydroxyl groups is 1. The maximum Gasteiger partial charge on any atom is 0.261 e. The third-order valence-electron chi connectivity index (χ3n) is 2.85. The van der Waals surface area contributed by atoms with E-state index in [9.17, 15) is 22.3 Å². The zero-order chi connectivity index (χ0) is 15.6. The minimum absolute atomic E-state index is 0.115. The molecule has 0 aliphatic rings. The van der Waals surface area contributed by atoms with Crippen LogP contribution in [0.15, 0.2) is 47.4 Å². The molecule has 1 unspecified atom stereocenters. The minimum Gasteiger partial charge on any atom is -0.389 e. The van der Waals surface area contributed by atoms with Gasteiger partial charge in [0.15, 0.2) is 0 Å². The first-order valence-corrected chi connectivity index (χ1v) is 7.54. The molecule has 0 fully saturated rings. The molecule has 2 N–H and O–H groups in total. The Labute approximate surface area is 121 Å². The van der Waals surface area contributed by atoms with E-state index in [-0.39, 0.29) is 4.90 Å². The first-order valence-electron chi connectivity index (χ1n) is 6.05. The Balaban J connectivity index is 2.31. The fourth-order valence-electron chi connectivity index (χ4n) is 1.70. The highest BCUT2D eigenvalue weighted by molar-refractivity contribution is 7.92. The van der Waals surface area contributed by atoms with Crippen LogP contribution in [0.1, 0.15) is 18.6 Å². The molecule has 1 atom stereocenters. The van der Waals surface area contributed by atoms with Crippen LogP contribution in [-0.4, -0.2) is 13.5 Å². The highest BCUT2D eigenvalue weighted by atomic mass is 32.2. The third kappa shape index (κ3) is 3.56. The summed E-state index contributed by atoms with van der Waals surface area (Å²) in [5, 5.41) is 9.36. The summed E-state index contributed by atoms with van der Waals surface area (Å²) in [5.74, 6) is -1.63. The highest BCUT2D eigenvalue weighted by Crippen LogP contribution is 2.21. The van der Waals surface area contributed by atoms with E-state index < -0.39 is 33.4 Å². The molecule has 0 spiro atoms. The van der Waals surface area contributed by atoms with Crippen LogP contribution in [0.5, 0.6) is 0 Å². The normalized spacial score (nSPS) is 13.0. The first-order chi connectivity index (χ1) is 9.79. The topological polar surface area (TPSA) is 66.4 Å². The summed E-state index contributed by atoms with van der Waals surface area (Å²) in [6, 6.07) is 7.94. The molecule has 0 aliphatic heterocycles. The van der Waals surface area contributed by atoms with Crippen molar-refractivity contribution >= 4 is 15.7 Å². The van der Waals surface area contributed by atoms with Gasteiger partial charge in [0.05, 0.1) is 16.7 Å². The van der Waals surface area contributed by atoms with Gasteiger partial charge in [-0.1, -0.05) is 12.1 Å². The second-order valence-electron chi connectivity index (χ2n) is 4.47. The van der Waals surface area contributed by atoms with Gasteiger partial charge in [0, 0.05) is 6.07 Å². The molecule has 0 bridgehead atoms. The third-order valence-corrected chi connectivity index (χ3v) is 4.23. The number of aliphatic hydroxyl groups excluding tert-OH is 1. The van der Waals surface area contributed by atoms with Crippen molar-refractivity contribution < 1.29 is 22.3 Å². The Hall–Kier alpha value is -1.99. The number of nitrogens with one attached hydrogen (secondary N) is 1. The second kappa shape index (κ2) is 5.79. The van der Waals surface area contributed by atoms with Crippen LogP contribution in [-0.2, 0) is 10.0 Å². The fraction of sp³-hybridized carbons (Fsp3) is 0.143. The first kappa shape index (κ1) is 15.4. The molecule has 0 radical (unpaired) electrons. The molecule has 7 heteroatoms. The lowest BCUT2D eigenvalue weighted by Gasteiger charge is -2.10. The Morgan fingerprint density at radius 3 is 2.29 bits per heavy atom. The maximum atomic E-state index is 13.5. The molecule has 0 amide bonds. The van der Waals surface area contributed by atoms with E-state index in [1.807, 2.05) is 4.72 Å². The molecule has 0 saturated heterocycles. The van der Waals surface area contributed by atoms with Crippen molar-refractivity contribution in [3.8, 4) is 0 Å². The van der Waals surface area contributed by atoms with Crippen molar-refractivity contribution in [3.05, 3.63) is 59.7 Å². The molecule has 2 rings (SSSR count). The average Bonchev–Trinajstić information content (AvgIpc) is 2.43. The van der Waals surface area contributed by atoms with Crippen LogP contribution in [0.3, 0.4) is 0 Å². The van der Waals surface area contributed by atoms with Gasteiger partial charge in [-0.25, -0.2) is 17.2 Å². The van der Waals surface area contributed by atoms with E-state index >= 15 is 0 Å². The predicted octanol–water partition coefficient (Wildman–Crippen LogP) is 2.82. The van der Waals surface area contributed by atoms with Gasteiger partial charge in [-0.05, 0) is 36.8 Å². The van der Waals surface area contributed by atoms with Gasteiger partial charge in [-0.15, -0.1) is 0 Å². The van der Waals surface area contributed by atoms with Gasteiger partial charge in [0.25, 0.3) is 10.0 Å². The van der Waals surface area contributed by atoms with Crippen molar-refractivity contribution in [2.24, 2.45) is 0 Å². The molecular weight excluding hydrogens is 300 g/mol. The SMILES string of the molecule is CC(O)c1ccc(S(=O)(=O)Nc2cc(F)ccc2F)cc1. The molecule has 0 heterocycles. The molecule has 112 valence electrons. The zero-order valence-corrected chi connectivity index (χ0v) is 11.9. The summed E-state index contributed by atoms with van der Waals surface area (Å²) in [4.78, 5) is -0.115. The van der Waals surface area contributed by atoms with Gasteiger partial charge in [-0.3, -0.25) is 4.72 Å². The molecular formula is C14H13F2NO3S. The Morgan fingerprint density at radius 2 is 1.71 bits per heavy atom. The van der Waals surface area contributed by atoms with Crippen LogP contribution < -0.4 is 4.72 Å². The number of sulfonamides is 1. The van der Waals surface area contributed by atoms with Crippen LogP contribution in [0.4, 0.5) is 14.5 Å². The monoisotopic (exact) mass is 313 g/mol. The number of rotatable bonds is 4. The Kier molecular flexibility index (Phi) is 4.24. The average molecular weight is 313 g/mol. The summed E-state index contributed by atoms with van der Waals surface area (Å²) in [6.07, 6.45) is -0.727. The summed E-state index contributed by atoms with van der Waals surface area (Å²) in [6.45, 7) is 1.55. The molecule has 4 nitrogen and oxygen atoms in total. The molecule has 2 aromatic rings. The van der Waals surface area contributed by atoms with Gasteiger partial charge in [-0.2, -0.15) is 0 Å². The quantitative estimate of drug-likeness (QED) is 0.912. The van der Waals surface area contributed by atoms with Crippen molar-refractivity contribution in [3.63, 3.8) is 0 Å². The Morgan fingerprint density at radius 1 is 1.10 bits per heavy atom. The van der Waals surface area contributed by atoms with Gasteiger partial charge in [0.1, 0.15) is 11.6 Å². The maximum absolute atomic E-state index is 13.5. The van der Waals surface area contributed by atoms with E-state index in [4.69, 9.17) is 0 Å².